The van der Waals surface area contributed by atoms with Gasteiger partial charge in [0.1, 0.15) is 0 Å². The molecule has 0 aliphatic carbocycles. The Hall–Kier alpha value is -1.02. The molecule has 2 aromatic rings. The number of rotatable bonds is 7. The average Bonchev–Trinajstić information content (AvgIpc) is 3.16. The number of hydrogen-bond acceptors (Lipinski definition) is 2. The molecule has 0 radical (unpaired) electrons. The Morgan fingerprint density at radius 2 is 1.86 bits per heavy atom. The number of nitrogens with one attached hydrogen (secondary N) is 2. The van der Waals surface area contributed by atoms with Crippen LogP contribution in [0.5, 0.6) is 0 Å². The fraction of sp³-hybridized carbons (Fsp3) is 0.438. The van der Waals surface area contributed by atoms with E-state index in [0.29, 0.717) is 0 Å². The van der Waals surface area contributed by atoms with Crippen LogP contribution in [0.2, 0.25) is 0 Å². The molecule has 2 aromatic heterocycles. The topological polar surface area (TPSA) is 41.4 Å². The van der Waals surface area contributed by atoms with Gasteiger partial charge in [-0.15, -0.1) is 35.3 Å². The van der Waals surface area contributed by atoms with E-state index in [2.05, 4.69) is 58.6 Å². The SMILES string of the molecule is CCNC(=NCc1ccc(CC)s1)NCCn1cccc1.I. The van der Waals surface area contributed by atoms with E-state index in [1.54, 1.807) is 0 Å². The predicted molar refractivity (Wildman–Crippen MR) is 106 cm³/mol. The Kier molecular flexibility index (Phi) is 9.22. The minimum atomic E-state index is 0. The van der Waals surface area contributed by atoms with Gasteiger partial charge in [0.15, 0.2) is 5.96 Å². The van der Waals surface area contributed by atoms with Crippen molar-refractivity contribution in [3.05, 3.63) is 46.4 Å². The van der Waals surface area contributed by atoms with E-state index in [4.69, 9.17) is 0 Å². The molecule has 6 heteroatoms. The molecule has 0 saturated carbocycles. The van der Waals surface area contributed by atoms with Gasteiger partial charge in [-0.3, -0.25) is 0 Å². The first-order chi connectivity index (χ1) is 10.3. The molecule has 0 aliphatic rings. The van der Waals surface area contributed by atoms with Crippen LogP contribution >= 0.6 is 35.3 Å². The molecule has 0 atom stereocenters. The summed E-state index contributed by atoms with van der Waals surface area (Å²) in [4.78, 5) is 7.38. The summed E-state index contributed by atoms with van der Waals surface area (Å²) in [6.07, 6.45) is 5.25. The van der Waals surface area contributed by atoms with E-state index in [1.165, 1.54) is 9.75 Å². The Balaban J connectivity index is 0.00000242. The third-order valence-electron chi connectivity index (χ3n) is 3.13. The van der Waals surface area contributed by atoms with Crippen LogP contribution in [0.4, 0.5) is 0 Å². The number of aryl methyl sites for hydroxylation is 1. The molecule has 2 rings (SSSR count). The van der Waals surface area contributed by atoms with E-state index in [9.17, 15) is 0 Å². The van der Waals surface area contributed by atoms with Gasteiger partial charge in [-0.1, -0.05) is 6.92 Å². The molecule has 0 saturated heterocycles. The maximum atomic E-state index is 4.65. The van der Waals surface area contributed by atoms with E-state index < -0.39 is 0 Å². The summed E-state index contributed by atoms with van der Waals surface area (Å²) in [7, 11) is 0. The van der Waals surface area contributed by atoms with Crippen molar-refractivity contribution in [3.63, 3.8) is 0 Å². The molecule has 122 valence electrons. The number of aliphatic imine (C=N–C) groups is 1. The first-order valence-electron chi connectivity index (χ1n) is 7.52. The highest BCUT2D eigenvalue weighted by Crippen LogP contribution is 2.17. The first kappa shape index (κ1) is 19.0. The molecule has 0 amide bonds. The van der Waals surface area contributed by atoms with Gasteiger partial charge in [-0.2, -0.15) is 0 Å². The molecule has 22 heavy (non-hydrogen) atoms. The third kappa shape index (κ3) is 6.39. The second-order valence-corrected chi connectivity index (χ2v) is 6.02. The van der Waals surface area contributed by atoms with E-state index in [0.717, 1.165) is 38.6 Å². The Bertz CT molecular complexity index is 548. The maximum absolute atomic E-state index is 4.65. The normalized spacial score (nSPS) is 11.1. The van der Waals surface area contributed by atoms with Gasteiger partial charge < -0.3 is 15.2 Å². The van der Waals surface area contributed by atoms with Crippen molar-refractivity contribution in [2.45, 2.75) is 33.4 Å². The third-order valence-corrected chi connectivity index (χ3v) is 4.35. The minimum Gasteiger partial charge on any atom is -0.357 e. The first-order valence-corrected chi connectivity index (χ1v) is 8.34. The predicted octanol–water partition coefficient (Wildman–Crippen LogP) is 3.49. The zero-order chi connectivity index (χ0) is 14.9. The molecule has 2 N–H and O–H groups in total. The minimum absolute atomic E-state index is 0. The summed E-state index contributed by atoms with van der Waals surface area (Å²) >= 11 is 1.85. The largest absolute Gasteiger partial charge is 0.357 e. The molecule has 0 aliphatic heterocycles. The lowest BCUT2D eigenvalue weighted by molar-refractivity contribution is 0.666. The molecule has 0 unspecified atom stereocenters. The highest BCUT2D eigenvalue weighted by atomic mass is 127. The summed E-state index contributed by atoms with van der Waals surface area (Å²) in [6.45, 7) is 7.69. The van der Waals surface area contributed by atoms with Gasteiger partial charge in [-0.05, 0) is 37.6 Å². The van der Waals surface area contributed by atoms with Gasteiger partial charge in [0.2, 0.25) is 0 Å². The van der Waals surface area contributed by atoms with Crippen molar-refractivity contribution < 1.29 is 0 Å². The lowest BCUT2D eigenvalue weighted by Crippen LogP contribution is -2.38. The van der Waals surface area contributed by atoms with Crippen molar-refractivity contribution in [1.82, 2.24) is 15.2 Å². The molecule has 0 aromatic carbocycles. The Morgan fingerprint density at radius 3 is 2.50 bits per heavy atom. The maximum Gasteiger partial charge on any atom is 0.191 e. The highest BCUT2D eigenvalue weighted by molar-refractivity contribution is 14.0. The van der Waals surface area contributed by atoms with Crippen LogP contribution in [0, 0.1) is 0 Å². The van der Waals surface area contributed by atoms with E-state index in [-0.39, 0.29) is 24.0 Å². The average molecular weight is 432 g/mol. The van der Waals surface area contributed by atoms with Gasteiger partial charge in [-0.25, -0.2) is 4.99 Å². The van der Waals surface area contributed by atoms with E-state index in [1.807, 2.05) is 23.5 Å². The van der Waals surface area contributed by atoms with Crippen LogP contribution in [0.1, 0.15) is 23.6 Å². The molecule has 4 nitrogen and oxygen atoms in total. The Labute approximate surface area is 154 Å². The monoisotopic (exact) mass is 432 g/mol. The van der Waals surface area contributed by atoms with Gasteiger partial charge >= 0.3 is 0 Å². The van der Waals surface area contributed by atoms with Crippen LogP contribution in [0.25, 0.3) is 0 Å². The van der Waals surface area contributed by atoms with Crippen molar-refractivity contribution >= 4 is 41.3 Å². The van der Waals surface area contributed by atoms with Gasteiger partial charge in [0, 0.05) is 41.8 Å². The van der Waals surface area contributed by atoms with Gasteiger partial charge in [0.05, 0.1) is 6.54 Å². The molecule has 2 heterocycles. The molecular weight excluding hydrogens is 407 g/mol. The Morgan fingerprint density at radius 1 is 1.14 bits per heavy atom. The number of nitrogens with zero attached hydrogens (tertiary/aromatic N) is 2. The standard InChI is InChI=1S/C16H24N4S.HI/c1-3-14-7-8-15(21-14)13-19-16(17-4-2)18-9-12-20-10-5-6-11-20;/h5-8,10-11H,3-4,9,12-13H2,1-2H3,(H2,17,18,19);1H. The fourth-order valence-corrected chi connectivity index (χ4v) is 2.90. The van der Waals surface area contributed by atoms with E-state index >= 15 is 0 Å². The molecular formula is C16H25IN4S. The van der Waals surface area contributed by atoms with Crippen molar-refractivity contribution in [2.75, 3.05) is 13.1 Å². The zero-order valence-electron chi connectivity index (χ0n) is 13.2. The van der Waals surface area contributed by atoms with Crippen LogP contribution in [0.3, 0.4) is 0 Å². The van der Waals surface area contributed by atoms with Crippen LogP contribution in [-0.2, 0) is 19.5 Å². The zero-order valence-corrected chi connectivity index (χ0v) is 16.4. The van der Waals surface area contributed by atoms with Crippen LogP contribution in [0.15, 0.2) is 41.7 Å². The second-order valence-electron chi connectivity index (χ2n) is 4.76. The summed E-state index contributed by atoms with van der Waals surface area (Å²) in [5.74, 6) is 0.885. The quantitative estimate of drug-likeness (QED) is 0.400. The summed E-state index contributed by atoms with van der Waals surface area (Å²) < 4.78 is 2.16. The molecule has 0 fully saturated rings. The lowest BCUT2D eigenvalue weighted by Gasteiger charge is -2.11. The number of halogens is 1. The molecule has 0 bridgehead atoms. The van der Waals surface area contributed by atoms with Crippen molar-refractivity contribution in [2.24, 2.45) is 4.99 Å². The van der Waals surface area contributed by atoms with Gasteiger partial charge in [0.25, 0.3) is 0 Å². The highest BCUT2D eigenvalue weighted by Gasteiger charge is 2.00. The van der Waals surface area contributed by atoms with Crippen molar-refractivity contribution in [1.29, 1.82) is 0 Å². The van der Waals surface area contributed by atoms with Crippen molar-refractivity contribution in [3.8, 4) is 0 Å². The smallest absolute Gasteiger partial charge is 0.191 e. The van der Waals surface area contributed by atoms with Crippen LogP contribution < -0.4 is 10.6 Å². The summed E-state index contributed by atoms with van der Waals surface area (Å²) in [5.41, 5.74) is 0. The number of guanidine groups is 1. The number of thiophene rings is 1. The van der Waals surface area contributed by atoms with Crippen LogP contribution in [-0.4, -0.2) is 23.6 Å². The molecule has 0 spiro atoms. The fourth-order valence-electron chi connectivity index (χ4n) is 2.02. The lowest BCUT2D eigenvalue weighted by atomic mass is 10.4. The number of aromatic nitrogens is 1. The second kappa shape index (κ2) is 10.7. The summed E-state index contributed by atoms with van der Waals surface area (Å²) in [6, 6.07) is 8.46. The number of hydrogen-bond donors (Lipinski definition) is 2. The summed E-state index contributed by atoms with van der Waals surface area (Å²) in [5, 5.41) is 6.66.